The van der Waals surface area contributed by atoms with Crippen LogP contribution in [0.5, 0.6) is 0 Å². The van der Waals surface area contributed by atoms with Gasteiger partial charge in [-0.1, -0.05) is 167 Å². The molecule has 0 spiro atoms. The molecule has 0 aliphatic carbocycles. The van der Waals surface area contributed by atoms with E-state index in [-0.39, 0.29) is 53.3 Å². The number of aliphatic carboxylic acids is 2. The van der Waals surface area contributed by atoms with Gasteiger partial charge in [-0.25, -0.2) is 0 Å². The Morgan fingerprint density at radius 1 is 0.318 bits per heavy atom. The standard InChI is InChI=1S/2C18H36O3.Al.Mg/c2*19-17-15-13-11-9-7-5-3-1-2-4-6-8-10-12-14-16-18(20)21;;/h2*19H,1-17H2,(H,20,21);;/q;;;+2/p-2. The zero-order chi connectivity index (χ0) is 31.2. The summed E-state index contributed by atoms with van der Waals surface area (Å²) in [6, 6.07) is 0. The summed E-state index contributed by atoms with van der Waals surface area (Å²) in [5.74, 6) is -1.83. The minimum atomic E-state index is -0.914. The van der Waals surface area contributed by atoms with E-state index in [1.807, 2.05) is 0 Å². The normalized spacial score (nSPS) is 10.4. The number of hydrogen-bond donors (Lipinski definition) is 2. The third kappa shape index (κ3) is 54.6. The van der Waals surface area contributed by atoms with Gasteiger partial charge in [0, 0.05) is 42.5 Å². The average molecular weight is 650 g/mol. The van der Waals surface area contributed by atoms with Crippen LogP contribution < -0.4 is 10.2 Å². The van der Waals surface area contributed by atoms with Crippen molar-refractivity contribution in [3.8, 4) is 0 Å². The number of carboxylic acid groups (broad SMARTS) is 2. The number of aliphatic hydroxyl groups excluding tert-OH is 2. The van der Waals surface area contributed by atoms with E-state index in [2.05, 4.69) is 0 Å². The van der Waals surface area contributed by atoms with Crippen molar-refractivity contribution in [1.82, 2.24) is 0 Å². The van der Waals surface area contributed by atoms with E-state index in [9.17, 15) is 19.8 Å². The van der Waals surface area contributed by atoms with Crippen LogP contribution in [0.2, 0.25) is 0 Å². The Hall–Kier alpha value is 0.159. The summed E-state index contributed by atoms with van der Waals surface area (Å²) in [6.07, 6.45) is 37.2. The molecule has 0 bridgehead atoms. The maximum Gasteiger partial charge on any atom is 2.00 e. The monoisotopic (exact) mass is 649 g/mol. The van der Waals surface area contributed by atoms with Crippen molar-refractivity contribution in [3.05, 3.63) is 0 Å². The van der Waals surface area contributed by atoms with Crippen molar-refractivity contribution < 1.29 is 30.0 Å². The fourth-order valence-corrected chi connectivity index (χ4v) is 5.36. The molecule has 8 heteroatoms. The van der Waals surface area contributed by atoms with Crippen LogP contribution >= 0.6 is 0 Å². The minimum absolute atomic E-state index is 0. The Balaban J connectivity index is -0.000000348. The Kier molecular flexibility index (Phi) is 55.1. The molecule has 0 aromatic rings. The van der Waals surface area contributed by atoms with E-state index in [1.165, 1.54) is 154 Å². The summed E-state index contributed by atoms with van der Waals surface area (Å²) in [6.45, 7) is 0.688. The largest absolute Gasteiger partial charge is 2.00 e. The maximum absolute atomic E-state index is 10.2. The second kappa shape index (κ2) is 47.6. The molecule has 0 amide bonds. The summed E-state index contributed by atoms with van der Waals surface area (Å²) in [7, 11) is 0. The van der Waals surface area contributed by atoms with Crippen LogP contribution in [-0.4, -0.2) is 75.8 Å². The van der Waals surface area contributed by atoms with Crippen LogP contribution in [0.3, 0.4) is 0 Å². The number of carboxylic acids is 2. The van der Waals surface area contributed by atoms with Gasteiger partial charge < -0.3 is 30.0 Å². The molecule has 6 nitrogen and oxygen atoms in total. The van der Waals surface area contributed by atoms with Crippen LogP contribution in [0.15, 0.2) is 0 Å². The van der Waals surface area contributed by atoms with Crippen molar-refractivity contribution in [3.63, 3.8) is 0 Å². The van der Waals surface area contributed by atoms with Gasteiger partial charge in [0.15, 0.2) is 0 Å². The number of hydrogen-bond acceptors (Lipinski definition) is 6. The van der Waals surface area contributed by atoms with Crippen molar-refractivity contribution in [1.29, 1.82) is 0 Å². The van der Waals surface area contributed by atoms with Crippen LogP contribution in [0.1, 0.15) is 205 Å². The van der Waals surface area contributed by atoms with Crippen molar-refractivity contribution in [2.24, 2.45) is 0 Å². The molecule has 0 saturated heterocycles. The first kappa shape index (κ1) is 51.0. The second-order valence-electron chi connectivity index (χ2n) is 12.3. The molecule has 0 heterocycles. The summed E-state index contributed by atoms with van der Waals surface area (Å²) >= 11 is 0. The van der Waals surface area contributed by atoms with Gasteiger partial charge in [-0.2, -0.15) is 0 Å². The Labute approximate surface area is 299 Å². The molecule has 2 N–H and O–H groups in total. The third-order valence-electron chi connectivity index (χ3n) is 8.08. The number of carbonyl (C=O) groups excluding carboxylic acids is 2. The van der Waals surface area contributed by atoms with Gasteiger partial charge in [-0.3, -0.25) is 0 Å². The summed E-state index contributed by atoms with van der Waals surface area (Å²) in [4.78, 5) is 20.5. The number of carbonyl (C=O) groups is 2. The zero-order valence-electron chi connectivity index (χ0n) is 28.9. The topological polar surface area (TPSA) is 121 Å². The first-order valence-corrected chi connectivity index (χ1v) is 18.2. The van der Waals surface area contributed by atoms with E-state index in [4.69, 9.17) is 10.2 Å². The average Bonchev–Trinajstić information content (AvgIpc) is 2.97. The summed E-state index contributed by atoms with van der Waals surface area (Å²) < 4.78 is 0. The number of rotatable bonds is 34. The molecule has 0 rings (SSSR count). The molecule has 0 aliphatic heterocycles. The molecule has 3 radical (unpaired) electrons. The van der Waals surface area contributed by atoms with Gasteiger partial charge in [0.2, 0.25) is 0 Å². The number of aliphatic hydroxyl groups is 2. The predicted molar refractivity (Wildman–Crippen MR) is 183 cm³/mol. The smallest absolute Gasteiger partial charge is 0.550 e. The fraction of sp³-hybridized carbons (Fsp3) is 0.944. The van der Waals surface area contributed by atoms with E-state index >= 15 is 0 Å². The summed E-state index contributed by atoms with van der Waals surface area (Å²) in [5, 5.41) is 37.8. The zero-order valence-corrected chi connectivity index (χ0v) is 31.4. The van der Waals surface area contributed by atoms with Crippen molar-refractivity contribution >= 4 is 52.4 Å². The van der Waals surface area contributed by atoms with Gasteiger partial charge in [-0.05, 0) is 38.5 Å². The molecule has 0 aromatic carbocycles. The molecule has 0 fully saturated rings. The van der Waals surface area contributed by atoms with Crippen LogP contribution in [0, 0.1) is 0 Å². The number of unbranched alkanes of at least 4 members (excludes halogenated alkanes) is 28. The van der Waals surface area contributed by atoms with Crippen molar-refractivity contribution in [2.75, 3.05) is 13.2 Å². The molecular formula is C36H70AlMgO6. The SMILES string of the molecule is O=C([O-])CCCCCCCCCCCCCCCCCO.O=C([O-])CCCCCCCCCCCCCCCCCO.[Al].[Mg+2]. The first-order chi connectivity index (χ1) is 20.5. The van der Waals surface area contributed by atoms with Gasteiger partial charge in [0.25, 0.3) is 0 Å². The molecule has 44 heavy (non-hydrogen) atoms. The van der Waals surface area contributed by atoms with Gasteiger partial charge in [0.1, 0.15) is 0 Å². The van der Waals surface area contributed by atoms with E-state index < -0.39 is 11.9 Å². The van der Waals surface area contributed by atoms with Gasteiger partial charge in [-0.15, -0.1) is 0 Å². The van der Waals surface area contributed by atoms with E-state index in [1.54, 1.807) is 0 Å². The summed E-state index contributed by atoms with van der Waals surface area (Å²) in [5.41, 5.74) is 0. The Morgan fingerprint density at radius 2 is 0.455 bits per heavy atom. The van der Waals surface area contributed by atoms with Crippen LogP contribution in [0.25, 0.3) is 0 Å². The molecule has 255 valence electrons. The van der Waals surface area contributed by atoms with E-state index in [0.717, 1.165) is 38.5 Å². The third-order valence-corrected chi connectivity index (χ3v) is 8.08. The Morgan fingerprint density at radius 3 is 0.591 bits per heavy atom. The second-order valence-corrected chi connectivity index (χ2v) is 12.3. The van der Waals surface area contributed by atoms with Crippen molar-refractivity contribution in [2.45, 2.75) is 205 Å². The first-order valence-electron chi connectivity index (χ1n) is 18.2. The predicted octanol–water partition coefficient (Wildman–Crippen LogP) is 7.18. The maximum atomic E-state index is 10.2. The molecular weight excluding hydrogens is 580 g/mol. The molecule has 0 aliphatic rings. The molecule has 0 aromatic heterocycles. The minimum Gasteiger partial charge on any atom is -0.550 e. The van der Waals surface area contributed by atoms with E-state index in [0.29, 0.717) is 13.2 Å². The fourth-order valence-electron chi connectivity index (χ4n) is 5.36. The van der Waals surface area contributed by atoms with Crippen LogP contribution in [0.4, 0.5) is 0 Å². The van der Waals surface area contributed by atoms with Gasteiger partial charge >= 0.3 is 23.1 Å². The molecule has 0 saturated carbocycles. The Bertz CT molecular complexity index is 493. The van der Waals surface area contributed by atoms with Crippen LogP contribution in [-0.2, 0) is 9.59 Å². The quantitative estimate of drug-likeness (QED) is 0.0563. The molecule has 0 atom stereocenters. The molecule has 0 unspecified atom stereocenters. The van der Waals surface area contributed by atoms with Gasteiger partial charge in [0.05, 0.1) is 0 Å².